The van der Waals surface area contributed by atoms with E-state index in [0.717, 1.165) is 31.4 Å². The molecule has 1 aromatic rings. The molecule has 20 heavy (non-hydrogen) atoms. The summed E-state index contributed by atoms with van der Waals surface area (Å²) in [6.07, 6.45) is 1.29. The second kappa shape index (κ2) is 7.53. The first-order valence-corrected chi connectivity index (χ1v) is 7.87. The lowest BCUT2D eigenvalue weighted by molar-refractivity contribution is 0.271. The minimum Gasteiger partial charge on any atom is -0.493 e. The van der Waals surface area contributed by atoms with Gasteiger partial charge in [0, 0.05) is 18.8 Å². The smallest absolute Gasteiger partial charge is 0.119 e. The van der Waals surface area contributed by atoms with E-state index in [0.29, 0.717) is 5.92 Å². The number of hydrogen-bond acceptors (Lipinski definition) is 3. The van der Waals surface area contributed by atoms with Gasteiger partial charge in [0.05, 0.1) is 6.61 Å². The minimum absolute atomic E-state index is 0.570. The van der Waals surface area contributed by atoms with Crippen molar-refractivity contribution in [3.63, 3.8) is 0 Å². The predicted octanol–water partition coefficient (Wildman–Crippen LogP) is 3.16. The minimum atomic E-state index is 0.570. The van der Waals surface area contributed by atoms with Gasteiger partial charge in [0.25, 0.3) is 0 Å². The summed E-state index contributed by atoms with van der Waals surface area (Å²) >= 11 is 0. The summed E-state index contributed by atoms with van der Waals surface area (Å²) in [5.41, 5.74) is 1.32. The van der Waals surface area contributed by atoms with Gasteiger partial charge in [-0.1, -0.05) is 20.8 Å². The van der Waals surface area contributed by atoms with Crippen molar-refractivity contribution < 1.29 is 4.74 Å². The van der Waals surface area contributed by atoms with Gasteiger partial charge in [0.2, 0.25) is 0 Å². The zero-order chi connectivity index (χ0) is 14.4. The van der Waals surface area contributed by atoms with Crippen LogP contribution in [0.2, 0.25) is 0 Å². The molecule has 3 heteroatoms. The molecule has 1 aliphatic rings. The van der Waals surface area contributed by atoms with Crippen LogP contribution in [0, 0.1) is 11.8 Å². The Bertz CT molecular complexity index is 388. The van der Waals surface area contributed by atoms with Gasteiger partial charge in [-0.05, 0) is 55.6 Å². The lowest BCUT2D eigenvalue weighted by atomic mass is 10.1. The molecule has 0 aliphatic carbocycles. The van der Waals surface area contributed by atoms with E-state index in [1.54, 1.807) is 0 Å². The number of hydrogen-bond donors (Lipinski definition) is 1. The molecular formula is C17H28N2O. The lowest BCUT2D eigenvalue weighted by Gasteiger charge is -2.19. The molecule has 0 aromatic heterocycles. The summed E-state index contributed by atoms with van der Waals surface area (Å²) in [4.78, 5) is 2.48. The molecule has 1 fully saturated rings. The molecule has 0 bridgehead atoms. The molecule has 1 N–H and O–H groups in total. The quantitative estimate of drug-likeness (QED) is 0.828. The first kappa shape index (κ1) is 15.2. The molecule has 2 rings (SSSR count). The van der Waals surface area contributed by atoms with Crippen molar-refractivity contribution in [2.24, 2.45) is 11.8 Å². The number of ether oxygens (including phenoxy) is 1. The molecule has 1 aromatic carbocycles. The molecule has 0 radical (unpaired) electrons. The largest absolute Gasteiger partial charge is 0.493 e. The maximum Gasteiger partial charge on any atom is 0.119 e. The fraction of sp³-hybridized carbons (Fsp3) is 0.647. The molecule has 1 heterocycles. The van der Waals surface area contributed by atoms with E-state index in [1.165, 1.54) is 25.2 Å². The van der Waals surface area contributed by atoms with E-state index in [9.17, 15) is 0 Å². The molecule has 1 atom stereocenters. The van der Waals surface area contributed by atoms with Gasteiger partial charge < -0.3 is 15.0 Å². The van der Waals surface area contributed by atoms with Crippen LogP contribution in [0.25, 0.3) is 0 Å². The number of anilines is 1. The summed E-state index contributed by atoms with van der Waals surface area (Å²) in [5, 5.41) is 3.45. The van der Waals surface area contributed by atoms with Crippen molar-refractivity contribution in [3.8, 4) is 5.75 Å². The number of benzene rings is 1. The van der Waals surface area contributed by atoms with Crippen molar-refractivity contribution >= 4 is 5.69 Å². The predicted molar refractivity (Wildman–Crippen MR) is 85.6 cm³/mol. The molecule has 0 spiro atoms. The van der Waals surface area contributed by atoms with E-state index >= 15 is 0 Å². The average molecular weight is 276 g/mol. The highest BCUT2D eigenvalue weighted by molar-refractivity contribution is 5.49. The third kappa shape index (κ3) is 4.41. The molecule has 1 unspecified atom stereocenters. The van der Waals surface area contributed by atoms with E-state index in [1.807, 2.05) is 0 Å². The number of rotatable bonds is 7. The highest BCUT2D eigenvalue weighted by Crippen LogP contribution is 2.25. The van der Waals surface area contributed by atoms with Crippen molar-refractivity contribution in [1.82, 2.24) is 5.32 Å². The standard InChI is InChI=1S/C17H28N2O/c1-4-18-11-15-9-10-19(12-15)16-5-7-17(8-6-16)20-13-14(2)3/h5-8,14-15,18H,4,9-13H2,1-3H3. The summed E-state index contributed by atoms with van der Waals surface area (Å²) in [6.45, 7) is 11.8. The third-order valence-electron chi connectivity index (χ3n) is 3.75. The average Bonchev–Trinajstić information content (AvgIpc) is 2.92. The SMILES string of the molecule is CCNCC1CCN(c2ccc(OCC(C)C)cc2)C1. The fourth-order valence-electron chi connectivity index (χ4n) is 2.60. The Kier molecular flexibility index (Phi) is 5.72. The zero-order valence-electron chi connectivity index (χ0n) is 13.1. The highest BCUT2D eigenvalue weighted by atomic mass is 16.5. The molecule has 3 nitrogen and oxygen atoms in total. The topological polar surface area (TPSA) is 24.5 Å². The van der Waals surface area contributed by atoms with E-state index in [4.69, 9.17) is 4.74 Å². The maximum absolute atomic E-state index is 5.73. The van der Waals surface area contributed by atoms with Crippen molar-refractivity contribution in [2.75, 3.05) is 37.7 Å². The van der Waals surface area contributed by atoms with Crippen LogP contribution in [0.5, 0.6) is 5.75 Å². The van der Waals surface area contributed by atoms with E-state index in [-0.39, 0.29) is 0 Å². The van der Waals surface area contributed by atoms with Crippen LogP contribution >= 0.6 is 0 Å². The normalized spacial score (nSPS) is 18.8. The van der Waals surface area contributed by atoms with Gasteiger partial charge >= 0.3 is 0 Å². The van der Waals surface area contributed by atoms with E-state index in [2.05, 4.69) is 55.3 Å². The van der Waals surface area contributed by atoms with Crippen LogP contribution < -0.4 is 15.0 Å². The Hall–Kier alpha value is -1.22. The third-order valence-corrected chi connectivity index (χ3v) is 3.75. The van der Waals surface area contributed by atoms with Gasteiger partial charge in [-0.3, -0.25) is 0 Å². The summed E-state index contributed by atoms with van der Waals surface area (Å²) in [5.74, 6) is 2.33. The van der Waals surface area contributed by atoms with Gasteiger partial charge in [-0.25, -0.2) is 0 Å². The molecular weight excluding hydrogens is 248 g/mol. The summed E-state index contributed by atoms with van der Waals surface area (Å²) in [6, 6.07) is 8.56. The molecule has 112 valence electrons. The first-order chi connectivity index (χ1) is 9.69. The molecule has 1 saturated heterocycles. The highest BCUT2D eigenvalue weighted by Gasteiger charge is 2.22. The Morgan fingerprint density at radius 2 is 2.05 bits per heavy atom. The Morgan fingerprint density at radius 1 is 1.30 bits per heavy atom. The van der Waals surface area contributed by atoms with E-state index < -0.39 is 0 Å². The zero-order valence-corrected chi connectivity index (χ0v) is 13.1. The van der Waals surface area contributed by atoms with Gasteiger partial charge in [-0.2, -0.15) is 0 Å². The van der Waals surface area contributed by atoms with Crippen LogP contribution in [-0.2, 0) is 0 Å². The molecule has 0 saturated carbocycles. The first-order valence-electron chi connectivity index (χ1n) is 7.87. The van der Waals surface area contributed by atoms with Crippen LogP contribution in [0.4, 0.5) is 5.69 Å². The molecule has 0 amide bonds. The maximum atomic E-state index is 5.73. The van der Waals surface area contributed by atoms with Gasteiger partial charge in [0.15, 0.2) is 0 Å². The second-order valence-corrected chi connectivity index (χ2v) is 6.11. The van der Waals surface area contributed by atoms with Crippen LogP contribution in [0.3, 0.4) is 0 Å². The fourth-order valence-corrected chi connectivity index (χ4v) is 2.60. The van der Waals surface area contributed by atoms with Crippen molar-refractivity contribution in [1.29, 1.82) is 0 Å². The number of nitrogens with one attached hydrogen (secondary N) is 1. The second-order valence-electron chi connectivity index (χ2n) is 6.11. The lowest BCUT2D eigenvalue weighted by Crippen LogP contribution is -2.26. The van der Waals surface area contributed by atoms with Crippen LogP contribution in [0.1, 0.15) is 27.2 Å². The number of nitrogens with zero attached hydrogens (tertiary/aromatic N) is 1. The summed E-state index contributed by atoms with van der Waals surface area (Å²) < 4.78 is 5.73. The van der Waals surface area contributed by atoms with Crippen LogP contribution in [-0.4, -0.2) is 32.8 Å². The van der Waals surface area contributed by atoms with Crippen molar-refractivity contribution in [3.05, 3.63) is 24.3 Å². The summed E-state index contributed by atoms with van der Waals surface area (Å²) in [7, 11) is 0. The van der Waals surface area contributed by atoms with Crippen LogP contribution in [0.15, 0.2) is 24.3 Å². The monoisotopic (exact) mass is 276 g/mol. The van der Waals surface area contributed by atoms with Gasteiger partial charge in [0.1, 0.15) is 5.75 Å². The van der Waals surface area contributed by atoms with Crippen molar-refractivity contribution in [2.45, 2.75) is 27.2 Å². The van der Waals surface area contributed by atoms with Gasteiger partial charge in [-0.15, -0.1) is 0 Å². The Morgan fingerprint density at radius 3 is 2.70 bits per heavy atom. The Balaban J connectivity index is 1.84. The Labute approximate surface area is 123 Å². The molecule has 1 aliphatic heterocycles.